The molecule has 0 aliphatic carbocycles. The third-order valence-electron chi connectivity index (χ3n) is 0.929. The summed E-state index contributed by atoms with van der Waals surface area (Å²) in [5.74, 6) is 0. The van der Waals surface area contributed by atoms with Crippen molar-refractivity contribution in [1.29, 1.82) is 0 Å². The van der Waals surface area contributed by atoms with Crippen LogP contribution in [0.5, 0.6) is 0 Å². The van der Waals surface area contributed by atoms with Gasteiger partial charge in [0.2, 0.25) is 0 Å². The van der Waals surface area contributed by atoms with Crippen LogP contribution in [0, 0.1) is 0 Å². The molecule has 6 heteroatoms. The lowest BCUT2D eigenvalue weighted by molar-refractivity contribution is 0.490. The van der Waals surface area contributed by atoms with Gasteiger partial charge in [-0.1, -0.05) is 0 Å². The quantitative estimate of drug-likeness (QED) is 0.410. The second-order valence-corrected chi connectivity index (χ2v) is 3.06. The summed E-state index contributed by atoms with van der Waals surface area (Å²) in [7, 11) is -3.97. The van der Waals surface area contributed by atoms with Crippen molar-refractivity contribution < 1.29 is 13.0 Å². The summed E-state index contributed by atoms with van der Waals surface area (Å²) in [5, 5.41) is 0. The largest absolute Gasteiger partial charge is 0.327 e. The molecule has 52 valence electrons. The van der Waals surface area contributed by atoms with Crippen LogP contribution in [0.15, 0.2) is 11.1 Å². The van der Waals surface area contributed by atoms with Crippen LogP contribution in [0.25, 0.3) is 0 Å². The van der Waals surface area contributed by atoms with Crippen molar-refractivity contribution in [3.63, 3.8) is 0 Å². The summed E-state index contributed by atoms with van der Waals surface area (Å²) >= 11 is 0. The van der Waals surface area contributed by atoms with Crippen LogP contribution in [-0.4, -0.2) is 19.5 Å². The highest BCUT2D eigenvalue weighted by Crippen LogP contribution is 2.02. The first kappa shape index (κ1) is 6.53. The molecular formula is C3H6N2O3S. The molecule has 3 N–H and O–H groups in total. The van der Waals surface area contributed by atoms with Gasteiger partial charge in [-0.2, -0.15) is 8.42 Å². The summed E-state index contributed by atoms with van der Waals surface area (Å²) in [6.07, 6.45) is 1.20. The van der Waals surface area contributed by atoms with Crippen molar-refractivity contribution in [2.75, 3.05) is 6.54 Å². The highest BCUT2D eigenvalue weighted by molar-refractivity contribution is 7.89. The van der Waals surface area contributed by atoms with E-state index in [1.54, 1.807) is 0 Å². The maximum Gasteiger partial charge on any atom is 0.293 e. The lowest BCUT2D eigenvalue weighted by atomic mass is 10.6. The van der Waals surface area contributed by atoms with Crippen molar-refractivity contribution in [2.24, 2.45) is 0 Å². The molecule has 1 aliphatic rings. The van der Waals surface area contributed by atoms with Crippen molar-refractivity contribution in [2.45, 2.75) is 0 Å². The Morgan fingerprint density at radius 2 is 2.33 bits per heavy atom. The topological polar surface area (TPSA) is 78.4 Å². The van der Waals surface area contributed by atoms with Gasteiger partial charge in [0.15, 0.2) is 0 Å². The summed E-state index contributed by atoms with van der Waals surface area (Å²) in [6, 6.07) is 0. The molecule has 0 saturated heterocycles. The molecule has 0 amide bonds. The maximum absolute atomic E-state index is 10.2. The smallest absolute Gasteiger partial charge is 0.293 e. The molecule has 0 aromatic carbocycles. The average Bonchev–Trinajstić information content (AvgIpc) is 2.08. The highest BCUT2D eigenvalue weighted by atomic mass is 32.2. The Morgan fingerprint density at radius 3 is 2.56 bits per heavy atom. The fourth-order valence-electron chi connectivity index (χ4n) is 0.486. The Morgan fingerprint density at radius 1 is 1.67 bits per heavy atom. The van der Waals surface area contributed by atoms with Crippen LogP contribution in [-0.2, 0) is 10.1 Å². The van der Waals surface area contributed by atoms with E-state index in [2.05, 4.69) is 10.9 Å². The zero-order valence-electron chi connectivity index (χ0n) is 4.46. The molecule has 0 unspecified atom stereocenters. The number of nitrogens with one attached hydrogen (secondary N) is 2. The van der Waals surface area contributed by atoms with Crippen LogP contribution in [0.2, 0.25) is 0 Å². The van der Waals surface area contributed by atoms with E-state index in [9.17, 15) is 8.42 Å². The molecule has 1 heterocycles. The monoisotopic (exact) mass is 150 g/mol. The predicted molar refractivity (Wildman–Crippen MR) is 30.8 cm³/mol. The van der Waals surface area contributed by atoms with E-state index >= 15 is 0 Å². The third-order valence-corrected chi connectivity index (χ3v) is 1.85. The molecule has 0 aromatic heterocycles. The minimum absolute atomic E-state index is 0.0394. The second-order valence-electron chi connectivity index (χ2n) is 1.58. The molecule has 5 nitrogen and oxygen atoms in total. The van der Waals surface area contributed by atoms with E-state index in [0.717, 1.165) is 0 Å². The first-order valence-electron chi connectivity index (χ1n) is 2.25. The van der Waals surface area contributed by atoms with E-state index in [1.165, 1.54) is 6.20 Å². The zero-order valence-corrected chi connectivity index (χ0v) is 5.27. The van der Waals surface area contributed by atoms with Crippen LogP contribution in [0.1, 0.15) is 0 Å². The molecule has 0 aromatic rings. The van der Waals surface area contributed by atoms with Gasteiger partial charge in [-0.15, -0.1) is 0 Å². The first-order valence-corrected chi connectivity index (χ1v) is 3.69. The van der Waals surface area contributed by atoms with Gasteiger partial charge in [-0.3, -0.25) is 4.55 Å². The van der Waals surface area contributed by atoms with Gasteiger partial charge < -0.3 is 5.43 Å². The SMILES string of the molecule is O=S(=O)(O)C1=CNNC1. The number of hydrazine groups is 1. The third kappa shape index (κ3) is 1.41. The van der Waals surface area contributed by atoms with E-state index in [0.29, 0.717) is 0 Å². The number of hydrogen-bond donors (Lipinski definition) is 3. The van der Waals surface area contributed by atoms with Crippen LogP contribution in [0.4, 0.5) is 0 Å². The van der Waals surface area contributed by atoms with Gasteiger partial charge in [-0.25, -0.2) is 5.43 Å². The van der Waals surface area contributed by atoms with Crippen molar-refractivity contribution >= 4 is 10.1 Å². The Bertz CT molecular complexity index is 229. The lowest BCUT2D eigenvalue weighted by Gasteiger charge is -1.91. The molecule has 9 heavy (non-hydrogen) atoms. The molecule has 0 radical (unpaired) electrons. The van der Waals surface area contributed by atoms with Crippen LogP contribution < -0.4 is 10.9 Å². The van der Waals surface area contributed by atoms with Gasteiger partial charge in [-0.05, 0) is 0 Å². The van der Waals surface area contributed by atoms with Crippen LogP contribution >= 0.6 is 0 Å². The predicted octanol–water partition coefficient (Wildman–Crippen LogP) is -1.18. The van der Waals surface area contributed by atoms with Gasteiger partial charge in [0.25, 0.3) is 10.1 Å². The average molecular weight is 150 g/mol. The summed E-state index contributed by atoms with van der Waals surface area (Å²) in [6.45, 7) is 0.138. The fourth-order valence-corrected chi connectivity index (χ4v) is 0.949. The molecule has 0 fully saturated rings. The molecule has 0 saturated carbocycles. The van der Waals surface area contributed by atoms with Crippen molar-refractivity contribution in [3.8, 4) is 0 Å². The second kappa shape index (κ2) is 1.98. The first-order chi connectivity index (χ1) is 4.11. The van der Waals surface area contributed by atoms with Gasteiger partial charge in [0.05, 0.1) is 6.54 Å². The normalized spacial score (nSPS) is 19.0. The van der Waals surface area contributed by atoms with Gasteiger partial charge in [0, 0.05) is 6.20 Å². The van der Waals surface area contributed by atoms with Crippen molar-refractivity contribution in [1.82, 2.24) is 10.9 Å². The van der Waals surface area contributed by atoms with E-state index in [1.807, 2.05) is 0 Å². The summed E-state index contributed by atoms with van der Waals surface area (Å²) in [5.41, 5.74) is 4.92. The summed E-state index contributed by atoms with van der Waals surface area (Å²) in [4.78, 5) is -0.0394. The molecule has 0 spiro atoms. The Hall–Kier alpha value is -0.590. The minimum atomic E-state index is -3.97. The number of rotatable bonds is 1. The Kier molecular flexibility index (Phi) is 1.43. The molecule has 0 bridgehead atoms. The molecule has 0 atom stereocenters. The molecule has 1 rings (SSSR count). The van der Waals surface area contributed by atoms with E-state index in [-0.39, 0.29) is 11.4 Å². The summed E-state index contributed by atoms with van der Waals surface area (Å²) < 4.78 is 28.8. The van der Waals surface area contributed by atoms with Crippen LogP contribution in [0.3, 0.4) is 0 Å². The lowest BCUT2D eigenvalue weighted by Crippen LogP contribution is -2.21. The zero-order chi connectivity index (χ0) is 6.91. The van der Waals surface area contributed by atoms with Crippen molar-refractivity contribution in [3.05, 3.63) is 11.1 Å². The molecule has 1 aliphatic heterocycles. The highest BCUT2D eigenvalue weighted by Gasteiger charge is 2.15. The Balaban J connectivity index is 2.87. The molecular weight excluding hydrogens is 144 g/mol. The van der Waals surface area contributed by atoms with Gasteiger partial charge >= 0.3 is 0 Å². The van der Waals surface area contributed by atoms with E-state index < -0.39 is 10.1 Å². The standard InChI is InChI=1S/C3H6N2O3S/c6-9(7,8)3-1-4-5-2-3/h1,4-5H,2H2,(H,6,7,8). The number of hydrogen-bond acceptors (Lipinski definition) is 4. The Labute approximate surface area is 52.5 Å². The fraction of sp³-hybridized carbons (Fsp3) is 0.333. The maximum atomic E-state index is 10.2. The van der Waals surface area contributed by atoms with Gasteiger partial charge in [0.1, 0.15) is 4.91 Å². The van der Waals surface area contributed by atoms with E-state index in [4.69, 9.17) is 4.55 Å². The minimum Gasteiger partial charge on any atom is -0.327 e.